The van der Waals surface area contributed by atoms with Crippen LogP contribution in [0.25, 0.3) is 0 Å². The fraction of sp³-hybridized carbons (Fsp3) is 0.235. The van der Waals surface area contributed by atoms with Gasteiger partial charge in [-0.2, -0.15) is 0 Å². The number of urea groups is 1. The molecular weight excluding hydrogens is 328 g/mol. The molecule has 0 aliphatic carbocycles. The standard InChI is InChI=1S/C17H17ClN4O2/c18-14-5-3-13(4-6-14)16(23)21-8-10-22(11-9-21)17(24)20-15-2-1-7-19-12-15/h1-7,12H,8-11H2,(H,20,24). The first-order valence-electron chi connectivity index (χ1n) is 7.64. The number of hydrogen-bond acceptors (Lipinski definition) is 3. The van der Waals surface area contributed by atoms with E-state index in [1.165, 1.54) is 0 Å². The molecule has 24 heavy (non-hydrogen) atoms. The number of nitrogens with zero attached hydrogens (tertiary/aromatic N) is 3. The molecular formula is C17H17ClN4O2. The summed E-state index contributed by atoms with van der Waals surface area (Å²) in [7, 11) is 0. The van der Waals surface area contributed by atoms with Crippen LogP contribution in [0.1, 0.15) is 10.4 Å². The van der Waals surface area contributed by atoms with Crippen molar-refractivity contribution in [2.45, 2.75) is 0 Å². The van der Waals surface area contributed by atoms with E-state index >= 15 is 0 Å². The first-order chi connectivity index (χ1) is 11.6. The first-order valence-corrected chi connectivity index (χ1v) is 8.02. The molecule has 3 amide bonds. The van der Waals surface area contributed by atoms with Crippen LogP contribution in [0.2, 0.25) is 5.02 Å². The molecule has 2 aromatic rings. The normalized spacial score (nSPS) is 14.4. The zero-order valence-corrected chi connectivity index (χ0v) is 13.7. The zero-order valence-electron chi connectivity index (χ0n) is 13.0. The highest BCUT2D eigenvalue weighted by Crippen LogP contribution is 2.14. The van der Waals surface area contributed by atoms with E-state index in [1.54, 1.807) is 58.6 Å². The van der Waals surface area contributed by atoms with Crippen LogP contribution in [0, 0.1) is 0 Å². The van der Waals surface area contributed by atoms with Crippen molar-refractivity contribution in [2.75, 3.05) is 31.5 Å². The number of aromatic nitrogens is 1. The molecule has 1 fully saturated rings. The average molecular weight is 345 g/mol. The van der Waals surface area contributed by atoms with Crippen molar-refractivity contribution >= 4 is 29.2 Å². The molecule has 1 N–H and O–H groups in total. The molecule has 1 aliphatic heterocycles. The molecule has 0 spiro atoms. The number of hydrogen-bond donors (Lipinski definition) is 1. The Balaban J connectivity index is 1.54. The number of rotatable bonds is 2. The highest BCUT2D eigenvalue weighted by molar-refractivity contribution is 6.30. The van der Waals surface area contributed by atoms with Crippen molar-refractivity contribution < 1.29 is 9.59 Å². The van der Waals surface area contributed by atoms with Crippen molar-refractivity contribution in [1.29, 1.82) is 0 Å². The Kier molecular flexibility index (Phi) is 4.96. The summed E-state index contributed by atoms with van der Waals surface area (Å²) in [6, 6.07) is 10.2. The van der Waals surface area contributed by atoms with E-state index in [2.05, 4.69) is 10.3 Å². The minimum absolute atomic E-state index is 0.0426. The number of amides is 3. The van der Waals surface area contributed by atoms with Crippen molar-refractivity contribution in [2.24, 2.45) is 0 Å². The van der Waals surface area contributed by atoms with Gasteiger partial charge in [-0.1, -0.05) is 11.6 Å². The van der Waals surface area contributed by atoms with Gasteiger partial charge in [0.05, 0.1) is 11.9 Å². The second-order valence-corrected chi connectivity index (χ2v) is 5.89. The number of pyridine rings is 1. The van der Waals surface area contributed by atoms with Crippen LogP contribution < -0.4 is 5.32 Å². The molecule has 3 rings (SSSR count). The number of carbonyl (C=O) groups is 2. The Hall–Kier alpha value is -2.60. The predicted octanol–water partition coefficient (Wildman–Crippen LogP) is 2.72. The van der Waals surface area contributed by atoms with E-state index in [1.807, 2.05) is 0 Å². The van der Waals surface area contributed by atoms with E-state index in [-0.39, 0.29) is 11.9 Å². The molecule has 0 bridgehead atoms. The van der Waals surface area contributed by atoms with Crippen LogP contribution in [0.5, 0.6) is 0 Å². The van der Waals surface area contributed by atoms with E-state index in [9.17, 15) is 9.59 Å². The number of piperazine rings is 1. The monoisotopic (exact) mass is 344 g/mol. The first kappa shape index (κ1) is 16.3. The average Bonchev–Trinajstić information content (AvgIpc) is 2.63. The summed E-state index contributed by atoms with van der Waals surface area (Å²) in [5.74, 6) is -0.0426. The Morgan fingerprint density at radius 3 is 2.29 bits per heavy atom. The van der Waals surface area contributed by atoms with Crippen LogP contribution in [0.4, 0.5) is 10.5 Å². The third-order valence-corrected chi connectivity index (χ3v) is 4.11. The lowest BCUT2D eigenvalue weighted by Gasteiger charge is -2.34. The van der Waals surface area contributed by atoms with E-state index < -0.39 is 0 Å². The maximum atomic E-state index is 12.4. The second-order valence-electron chi connectivity index (χ2n) is 5.46. The lowest BCUT2D eigenvalue weighted by atomic mass is 10.2. The van der Waals surface area contributed by atoms with Crippen LogP contribution in [-0.2, 0) is 0 Å². The lowest BCUT2D eigenvalue weighted by Crippen LogP contribution is -2.51. The van der Waals surface area contributed by atoms with Crippen LogP contribution >= 0.6 is 11.6 Å². The maximum Gasteiger partial charge on any atom is 0.322 e. The van der Waals surface area contributed by atoms with E-state index in [0.29, 0.717) is 42.5 Å². The molecule has 124 valence electrons. The van der Waals surface area contributed by atoms with Crippen LogP contribution in [0.3, 0.4) is 0 Å². The molecule has 1 aliphatic rings. The topological polar surface area (TPSA) is 65.5 Å². The van der Waals surface area contributed by atoms with Gasteiger partial charge in [0.15, 0.2) is 0 Å². The quantitative estimate of drug-likeness (QED) is 0.911. The summed E-state index contributed by atoms with van der Waals surface area (Å²) in [4.78, 5) is 32.1. The van der Waals surface area contributed by atoms with Crippen LogP contribution in [0.15, 0.2) is 48.8 Å². The van der Waals surface area contributed by atoms with Gasteiger partial charge in [-0.05, 0) is 36.4 Å². The fourth-order valence-corrected chi connectivity index (χ4v) is 2.65. The van der Waals surface area contributed by atoms with Crippen molar-refractivity contribution in [1.82, 2.24) is 14.8 Å². The largest absolute Gasteiger partial charge is 0.335 e. The van der Waals surface area contributed by atoms with Gasteiger partial charge < -0.3 is 15.1 Å². The van der Waals surface area contributed by atoms with Gasteiger partial charge in [-0.3, -0.25) is 9.78 Å². The van der Waals surface area contributed by atoms with E-state index in [0.717, 1.165) is 0 Å². The van der Waals surface area contributed by atoms with Crippen LogP contribution in [-0.4, -0.2) is 52.9 Å². The molecule has 0 atom stereocenters. The zero-order chi connectivity index (χ0) is 16.9. The second kappa shape index (κ2) is 7.31. The highest BCUT2D eigenvalue weighted by Gasteiger charge is 2.24. The summed E-state index contributed by atoms with van der Waals surface area (Å²) in [5.41, 5.74) is 1.26. The fourth-order valence-electron chi connectivity index (χ4n) is 2.53. The summed E-state index contributed by atoms with van der Waals surface area (Å²) in [5, 5.41) is 3.40. The predicted molar refractivity (Wildman–Crippen MR) is 92.2 cm³/mol. The third kappa shape index (κ3) is 3.83. The number of benzene rings is 1. The molecule has 1 saturated heterocycles. The summed E-state index contributed by atoms with van der Waals surface area (Å²) >= 11 is 5.84. The smallest absolute Gasteiger partial charge is 0.322 e. The molecule has 0 saturated carbocycles. The minimum atomic E-state index is -0.179. The third-order valence-electron chi connectivity index (χ3n) is 3.86. The minimum Gasteiger partial charge on any atom is -0.335 e. The summed E-state index contributed by atoms with van der Waals surface area (Å²) in [6.45, 7) is 1.99. The maximum absolute atomic E-state index is 12.4. The summed E-state index contributed by atoms with van der Waals surface area (Å²) < 4.78 is 0. The van der Waals surface area contributed by atoms with Gasteiger partial charge >= 0.3 is 6.03 Å². The Bertz CT molecular complexity index is 713. The lowest BCUT2D eigenvalue weighted by molar-refractivity contribution is 0.0671. The molecule has 0 radical (unpaired) electrons. The Labute approximate surface area is 145 Å². The molecule has 1 aromatic heterocycles. The number of anilines is 1. The number of nitrogens with one attached hydrogen (secondary N) is 1. The SMILES string of the molecule is O=C(Nc1cccnc1)N1CCN(C(=O)c2ccc(Cl)cc2)CC1. The van der Waals surface area contributed by atoms with Crippen molar-refractivity contribution in [3.8, 4) is 0 Å². The Morgan fingerprint density at radius 1 is 1.00 bits per heavy atom. The molecule has 2 heterocycles. The Morgan fingerprint density at radius 2 is 1.67 bits per heavy atom. The van der Waals surface area contributed by atoms with E-state index in [4.69, 9.17) is 11.6 Å². The number of carbonyl (C=O) groups excluding carboxylic acids is 2. The van der Waals surface area contributed by atoms with Gasteiger partial charge in [0.2, 0.25) is 0 Å². The van der Waals surface area contributed by atoms with Crippen molar-refractivity contribution in [3.05, 3.63) is 59.4 Å². The van der Waals surface area contributed by atoms with Gasteiger partial charge in [-0.25, -0.2) is 4.79 Å². The van der Waals surface area contributed by atoms with Gasteiger partial charge in [-0.15, -0.1) is 0 Å². The van der Waals surface area contributed by atoms with Gasteiger partial charge in [0.1, 0.15) is 0 Å². The number of halogens is 1. The molecule has 1 aromatic carbocycles. The van der Waals surface area contributed by atoms with Gasteiger partial charge in [0.25, 0.3) is 5.91 Å². The molecule has 6 nitrogen and oxygen atoms in total. The summed E-state index contributed by atoms with van der Waals surface area (Å²) in [6.07, 6.45) is 3.25. The highest BCUT2D eigenvalue weighted by atomic mass is 35.5. The van der Waals surface area contributed by atoms with Gasteiger partial charge in [0, 0.05) is 43.0 Å². The van der Waals surface area contributed by atoms with Crippen molar-refractivity contribution in [3.63, 3.8) is 0 Å². The molecule has 7 heteroatoms. The molecule has 0 unspecified atom stereocenters.